The summed E-state index contributed by atoms with van der Waals surface area (Å²) in [5.74, 6) is 1.68. The first-order valence-electron chi connectivity index (χ1n) is 5.66. The Morgan fingerprint density at radius 3 is 3.06 bits per heavy atom. The molecule has 0 bridgehead atoms. The van der Waals surface area contributed by atoms with E-state index in [2.05, 4.69) is 15.2 Å². The van der Waals surface area contributed by atoms with Crippen molar-refractivity contribution in [1.82, 2.24) is 19.8 Å². The smallest absolute Gasteiger partial charge is 0.153 e. The van der Waals surface area contributed by atoms with E-state index in [0.29, 0.717) is 6.54 Å². The van der Waals surface area contributed by atoms with Gasteiger partial charge in [-0.05, 0) is 19.1 Å². The summed E-state index contributed by atoms with van der Waals surface area (Å²) in [4.78, 5) is 6.17. The third kappa shape index (κ3) is 1.92. The van der Waals surface area contributed by atoms with Gasteiger partial charge < -0.3 is 9.42 Å². The number of nitrogens with zero attached hydrogens (tertiary/aromatic N) is 5. The molecule has 92 valence electrons. The number of aromatic nitrogens is 4. The van der Waals surface area contributed by atoms with Crippen molar-refractivity contribution in [2.45, 2.75) is 13.5 Å². The molecule has 18 heavy (non-hydrogen) atoms. The summed E-state index contributed by atoms with van der Waals surface area (Å²) in [6.45, 7) is 2.54. The van der Waals surface area contributed by atoms with Crippen molar-refractivity contribution in [3.05, 3.63) is 42.0 Å². The molecule has 0 radical (unpaired) electrons. The maximum Gasteiger partial charge on any atom is 0.153 e. The third-order valence-corrected chi connectivity index (χ3v) is 2.71. The second-order valence-corrected chi connectivity index (χ2v) is 4.21. The summed E-state index contributed by atoms with van der Waals surface area (Å²) < 4.78 is 6.80. The SMILES string of the molecule is Cc1cc(CN(C)c2ccc3nccn3n2)no1. The lowest BCUT2D eigenvalue weighted by atomic mass is 10.3. The van der Waals surface area contributed by atoms with Crippen molar-refractivity contribution in [3.8, 4) is 0 Å². The van der Waals surface area contributed by atoms with E-state index in [1.165, 1.54) is 0 Å². The Bertz CT molecular complexity index is 672. The fourth-order valence-corrected chi connectivity index (χ4v) is 1.83. The van der Waals surface area contributed by atoms with E-state index in [-0.39, 0.29) is 0 Å². The van der Waals surface area contributed by atoms with Crippen molar-refractivity contribution in [1.29, 1.82) is 0 Å². The Labute approximate surface area is 104 Å². The van der Waals surface area contributed by atoms with Gasteiger partial charge in [-0.1, -0.05) is 5.16 Å². The zero-order valence-corrected chi connectivity index (χ0v) is 10.2. The molecule has 0 N–H and O–H groups in total. The third-order valence-electron chi connectivity index (χ3n) is 2.71. The predicted molar refractivity (Wildman–Crippen MR) is 66.3 cm³/mol. The Morgan fingerprint density at radius 1 is 1.39 bits per heavy atom. The van der Waals surface area contributed by atoms with Crippen LogP contribution in [0.25, 0.3) is 5.65 Å². The Hall–Kier alpha value is -2.37. The second-order valence-electron chi connectivity index (χ2n) is 4.21. The molecule has 0 fully saturated rings. The molecule has 0 unspecified atom stereocenters. The van der Waals surface area contributed by atoms with Crippen LogP contribution < -0.4 is 4.90 Å². The zero-order chi connectivity index (χ0) is 12.5. The summed E-state index contributed by atoms with van der Waals surface area (Å²) >= 11 is 0. The topological polar surface area (TPSA) is 59.5 Å². The summed E-state index contributed by atoms with van der Waals surface area (Å²) in [6.07, 6.45) is 3.56. The Morgan fingerprint density at radius 2 is 2.28 bits per heavy atom. The van der Waals surface area contributed by atoms with Gasteiger partial charge in [0.1, 0.15) is 17.3 Å². The lowest BCUT2D eigenvalue weighted by Gasteiger charge is -2.16. The van der Waals surface area contributed by atoms with E-state index >= 15 is 0 Å². The van der Waals surface area contributed by atoms with Gasteiger partial charge in [-0.25, -0.2) is 9.50 Å². The number of anilines is 1. The number of hydrogen-bond acceptors (Lipinski definition) is 5. The number of fused-ring (bicyclic) bond motifs is 1. The summed E-state index contributed by atoms with van der Waals surface area (Å²) in [5, 5.41) is 8.43. The minimum Gasteiger partial charge on any atom is -0.361 e. The molecule has 0 aliphatic rings. The molecule has 3 rings (SSSR count). The lowest BCUT2D eigenvalue weighted by molar-refractivity contribution is 0.390. The lowest BCUT2D eigenvalue weighted by Crippen LogP contribution is -2.18. The molecule has 3 aromatic rings. The molecule has 0 aromatic carbocycles. The molecule has 3 aromatic heterocycles. The van der Waals surface area contributed by atoms with E-state index in [0.717, 1.165) is 22.9 Å². The largest absolute Gasteiger partial charge is 0.361 e. The average Bonchev–Trinajstić information content (AvgIpc) is 2.96. The highest BCUT2D eigenvalue weighted by Gasteiger charge is 2.08. The maximum atomic E-state index is 5.05. The van der Waals surface area contributed by atoms with Crippen molar-refractivity contribution in [2.24, 2.45) is 0 Å². The Balaban J connectivity index is 1.84. The predicted octanol–water partition coefficient (Wildman–Crippen LogP) is 1.66. The van der Waals surface area contributed by atoms with Crippen molar-refractivity contribution in [2.75, 3.05) is 11.9 Å². The highest BCUT2D eigenvalue weighted by molar-refractivity contribution is 5.45. The van der Waals surface area contributed by atoms with Gasteiger partial charge in [-0.2, -0.15) is 0 Å². The quantitative estimate of drug-likeness (QED) is 0.700. The molecule has 0 atom stereocenters. The van der Waals surface area contributed by atoms with Crippen LogP contribution in [0.2, 0.25) is 0 Å². The number of imidazole rings is 1. The summed E-state index contributed by atoms with van der Waals surface area (Å²) in [6, 6.07) is 5.80. The molecular formula is C12H13N5O. The van der Waals surface area contributed by atoms with Gasteiger partial charge in [0.15, 0.2) is 5.65 Å². The van der Waals surface area contributed by atoms with E-state index in [9.17, 15) is 0 Å². The van der Waals surface area contributed by atoms with Gasteiger partial charge in [0.25, 0.3) is 0 Å². The van der Waals surface area contributed by atoms with Gasteiger partial charge in [-0.15, -0.1) is 5.10 Å². The molecule has 0 aliphatic heterocycles. The van der Waals surface area contributed by atoms with Gasteiger partial charge in [0, 0.05) is 25.5 Å². The second kappa shape index (κ2) is 4.14. The minimum atomic E-state index is 0.657. The van der Waals surface area contributed by atoms with Crippen LogP contribution in [-0.2, 0) is 6.54 Å². The highest BCUT2D eigenvalue weighted by Crippen LogP contribution is 2.13. The van der Waals surface area contributed by atoms with Gasteiger partial charge in [0.2, 0.25) is 0 Å². The van der Waals surface area contributed by atoms with Crippen LogP contribution >= 0.6 is 0 Å². The van der Waals surface area contributed by atoms with E-state index in [4.69, 9.17) is 4.52 Å². The number of hydrogen-bond donors (Lipinski definition) is 0. The molecule has 0 saturated carbocycles. The van der Waals surface area contributed by atoms with Gasteiger partial charge in [-0.3, -0.25) is 0 Å². The van der Waals surface area contributed by atoms with Crippen LogP contribution in [0, 0.1) is 6.92 Å². The fourth-order valence-electron chi connectivity index (χ4n) is 1.83. The summed E-state index contributed by atoms with van der Waals surface area (Å²) in [7, 11) is 1.97. The molecule has 3 heterocycles. The van der Waals surface area contributed by atoms with E-state index in [1.807, 2.05) is 43.3 Å². The standard InChI is InChI=1S/C12H13N5O/c1-9-7-10(15-18-9)8-16(2)12-4-3-11-13-5-6-17(11)14-12/h3-7H,8H2,1-2H3. The molecule has 0 aliphatic carbocycles. The highest BCUT2D eigenvalue weighted by atomic mass is 16.5. The monoisotopic (exact) mass is 243 g/mol. The first kappa shape index (κ1) is 10.8. The molecule has 0 amide bonds. The molecule has 6 heteroatoms. The van der Waals surface area contributed by atoms with Crippen LogP contribution in [0.3, 0.4) is 0 Å². The van der Waals surface area contributed by atoms with Crippen molar-refractivity contribution < 1.29 is 4.52 Å². The van der Waals surface area contributed by atoms with Crippen LogP contribution in [0.15, 0.2) is 35.1 Å². The molecule has 0 saturated heterocycles. The summed E-state index contributed by atoms with van der Waals surface area (Å²) in [5.41, 5.74) is 1.73. The molecule has 6 nitrogen and oxygen atoms in total. The van der Waals surface area contributed by atoms with Crippen molar-refractivity contribution in [3.63, 3.8) is 0 Å². The number of aryl methyl sites for hydroxylation is 1. The van der Waals surface area contributed by atoms with E-state index < -0.39 is 0 Å². The first-order chi connectivity index (χ1) is 8.72. The van der Waals surface area contributed by atoms with Crippen molar-refractivity contribution >= 4 is 11.5 Å². The van der Waals surface area contributed by atoms with Crippen LogP contribution in [0.4, 0.5) is 5.82 Å². The van der Waals surface area contributed by atoms with Gasteiger partial charge >= 0.3 is 0 Å². The number of rotatable bonds is 3. The minimum absolute atomic E-state index is 0.657. The van der Waals surface area contributed by atoms with Crippen LogP contribution in [0.5, 0.6) is 0 Å². The van der Waals surface area contributed by atoms with Crippen LogP contribution in [0.1, 0.15) is 11.5 Å². The molecular weight excluding hydrogens is 230 g/mol. The fraction of sp³-hybridized carbons (Fsp3) is 0.250. The maximum absolute atomic E-state index is 5.05. The van der Waals surface area contributed by atoms with Gasteiger partial charge in [0.05, 0.1) is 6.54 Å². The van der Waals surface area contributed by atoms with Crippen LogP contribution in [-0.4, -0.2) is 26.8 Å². The average molecular weight is 243 g/mol. The zero-order valence-electron chi connectivity index (χ0n) is 10.2. The molecule has 0 spiro atoms. The Kier molecular flexibility index (Phi) is 2.47. The van der Waals surface area contributed by atoms with E-state index in [1.54, 1.807) is 10.7 Å². The first-order valence-corrected chi connectivity index (χ1v) is 5.66. The normalized spacial score (nSPS) is 11.0.